The molecule has 1 heterocycles. The molecule has 4 nitrogen and oxygen atoms in total. The second kappa shape index (κ2) is 8.21. The van der Waals surface area contributed by atoms with Crippen LogP contribution < -0.4 is 15.0 Å². The number of nitrogens with zero attached hydrogens (tertiary/aromatic N) is 1. The number of benzene rings is 2. The van der Waals surface area contributed by atoms with Crippen LogP contribution in [0.4, 0.5) is 15.8 Å². The van der Waals surface area contributed by atoms with Gasteiger partial charge in [-0.15, -0.1) is 0 Å². The summed E-state index contributed by atoms with van der Waals surface area (Å²) in [5.74, 6) is 0.0850. The fourth-order valence-electron chi connectivity index (χ4n) is 3.13. The molecule has 0 aromatic heterocycles. The van der Waals surface area contributed by atoms with Crippen molar-refractivity contribution in [2.75, 3.05) is 29.9 Å². The van der Waals surface area contributed by atoms with Crippen LogP contribution >= 0.6 is 0 Å². The van der Waals surface area contributed by atoms with E-state index >= 15 is 0 Å². The third-order valence-electron chi connectivity index (χ3n) is 4.78. The molecule has 3 rings (SSSR count). The van der Waals surface area contributed by atoms with Gasteiger partial charge in [0.1, 0.15) is 17.3 Å². The molecule has 0 bridgehead atoms. The van der Waals surface area contributed by atoms with Gasteiger partial charge in [0.15, 0.2) is 0 Å². The van der Waals surface area contributed by atoms with Crippen molar-refractivity contribution in [1.29, 1.82) is 0 Å². The highest BCUT2D eigenvalue weighted by atomic mass is 19.1. The summed E-state index contributed by atoms with van der Waals surface area (Å²) < 4.78 is 19.9. The van der Waals surface area contributed by atoms with E-state index in [1.807, 2.05) is 38.1 Å². The highest BCUT2D eigenvalue weighted by Crippen LogP contribution is 2.31. The second-order valence-electron chi connectivity index (χ2n) is 6.72. The Labute approximate surface area is 154 Å². The van der Waals surface area contributed by atoms with Gasteiger partial charge in [0.05, 0.1) is 18.7 Å². The van der Waals surface area contributed by atoms with Gasteiger partial charge in [-0.1, -0.05) is 12.1 Å². The van der Waals surface area contributed by atoms with Crippen molar-refractivity contribution in [2.45, 2.75) is 33.1 Å². The van der Waals surface area contributed by atoms with E-state index < -0.39 is 5.82 Å². The van der Waals surface area contributed by atoms with Crippen LogP contribution in [0.5, 0.6) is 5.75 Å². The largest absolute Gasteiger partial charge is 0.493 e. The normalized spacial score (nSPS) is 13.7. The molecule has 2 aromatic carbocycles. The first-order valence-electron chi connectivity index (χ1n) is 9.08. The maximum Gasteiger partial charge on any atom is 0.227 e. The summed E-state index contributed by atoms with van der Waals surface area (Å²) in [6.07, 6.45) is 2.35. The highest BCUT2D eigenvalue weighted by molar-refractivity contribution is 5.94. The molecule has 1 amide bonds. The van der Waals surface area contributed by atoms with Gasteiger partial charge in [-0.25, -0.2) is 4.39 Å². The van der Waals surface area contributed by atoms with E-state index in [-0.39, 0.29) is 24.6 Å². The lowest BCUT2D eigenvalue weighted by atomic mass is 10.1. The fourth-order valence-corrected chi connectivity index (χ4v) is 3.13. The molecule has 0 unspecified atom stereocenters. The topological polar surface area (TPSA) is 41.6 Å². The first kappa shape index (κ1) is 18.2. The molecule has 0 atom stereocenters. The Morgan fingerprint density at radius 1 is 1.15 bits per heavy atom. The maximum atomic E-state index is 14.3. The summed E-state index contributed by atoms with van der Waals surface area (Å²) >= 11 is 0. The molecule has 0 radical (unpaired) electrons. The molecule has 0 saturated carbocycles. The predicted octanol–water partition coefficient (Wildman–Crippen LogP) is 4.45. The number of halogens is 1. The van der Waals surface area contributed by atoms with E-state index in [4.69, 9.17) is 4.74 Å². The Hall–Kier alpha value is -2.56. The minimum Gasteiger partial charge on any atom is -0.493 e. The lowest BCUT2D eigenvalue weighted by Crippen LogP contribution is -2.22. The zero-order valence-electron chi connectivity index (χ0n) is 15.3. The van der Waals surface area contributed by atoms with E-state index in [0.717, 1.165) is 42.9 Å². The lowest BCUT2D eigenvalue weighted by Gasteiger charge is -2.22. The van der Waals surface area contributed by atoms with Gasteiger partial charge in [-0.2, -0.15) is 0 Å². The van der Waals surface area contributed by atoms with Crippen LogP contribution in [0.2, 0.25) is 0 Å². The lowest BCUT2D eigenvalue weighted by molar-refractivity contribution is -0.116. The average molecular weight is 356 g/mol. The van der Waals surface area contributed by atoms with Gasteiger partial charge < -0.3 is 15.0 Å². The zero-order chi connectivity index (χ0) is 18.5. The molecule has 5 heteroatoms. The molecular formula is C21H25FN2O2. The van der Waals surface area contributed by atoms with E-state index in [9.17, 15) is 9.18 Å². The van der Waals surface area contributed by atoms with Gasteiger partial charge >= 0.3 is 0 Å². The monoisotopic (exact) mass is 356 g/mol. The van der Waals surface area contributed by atoms with Crippen LogP contribution in [-0.4, -0.2) is 25.6 Å². The molecule has 138 valence electrons. The van der Waals surface area contributed by atoms with Crippen molar-refractivity contribution < 1.29 is 13.9 Å². The van der Waals surface area contributed by atoms with Gasteiger partial charge in [0.2, 0.25) is 5.91 Å². The van der Waals surface area contributed by atoms with Gasteiger partial charge in [0.25, 0.3) is 0 Å². The van der Waals surface area contributed by atoms with E-state index in [1.165, 1.54) is 11.6 Å². The molecule has 26 heavy (non-hydrogen) atoms. The summed E-state index contributed by atoms with van der Waals surface area (Å²) in [6, 6.07) is 10.8. The van der Waals surface area contributed by atoms with Crippen LogP contribution in [0.15, 0.2) is 36.4 Å². The quantitative estimate of drug-likeness (QED) is 0.831. The summed E-state index contributed by atoms with van der Waals surface area (Å²) in [6.45, 7) is 6.10. The fraction of sp³-hybridized carbons (Fsp3) is 0.381. The van der Waals surface area contributed by atoms with E-state index in [2.05, 4.69) is 10.2 Å². The van der Waals surface area contributed by atoms with Gasteiger partial charge in [-0.05, 0) is 62.1 Å². The van der Waals surface area contributed by atoms with Crippen molar-refractivity contribution >= 4 is 17.3 Å². The minimum atomic E-state index is -0.405. The Bertz CT molecular complexity index is 786. The number of amides is 1. The van der Waals surface area contributed by atoms with Crippen LogP contribution in [0, 0.1) is 19.7 Å². The Kier molecular flexibility index (Phi) is 5.76. The molecule has 2 aromatic rings. The molecule has 1 aliphatic rings. The van der Waals surface area contributed by atoms with Gasteiger partial charge in [-0.3, -0.25) is 4.79 Å². The number of anilines is 2. The summed E-state index contributed by atoms with van der Waals surface area (Å²) in [5.41, 5.74) is 3.37. The standard InChI is InChI=1S/C21H25FN2O2/c1-15-8-9-17(14-16(15)2)26-13-10-20(25)23-21-18(22)6-5-7-19(21)24-11-3-4-12-24/h5-9,14H,3-4,10-13H2,1-2H3,(H,23,25). The SMILES string of the molecule is Cc1ccc(OCCC(=O)Nc2c(F)cccc2N2CCCC2)cc1C. The molecule has 1 saturated heterocycles. The number of rotatable bonds is 6. The number of carbonyl (C=O) groups excluding carboxylic acids is 1. The third-order valence-corrected chi connectivity index (χ3v) is 4.78. The average Bonchev–Trinajstić information content (AvgIpc) is 3.14. The number of hydrogen-bond acceptors (Lipinski definition) is 3. The van der Waals surface area contributed by atoms with Crippen LogP contribution in [-0.2, 0) is 4.79 Å². The Balaban J connectivity index is 1.58. The number of para-hydroxylation sites is 1. The van der Waals surface area contributed by atoms with E-state index in [0.29, 0.717) is 0 Å². The molecule has 1 fully saturated rings. The van der Waals surface area contributed by atoms with Crippen molar-refractivity contribution in [3.8, 4) is 5.75 Å². The first-order valence-corrected chi connectivity index (χ1v) is 9.08. The number of carbonyl (C=O) groups is 1. The molecule has 0 spiro atoms. The summed E-state index contributed by atoms with van der Waals surface area (Å²) in [5, 5.41) is 2.73. The Morgan fingerprint density at radius 3 is 2.65 bits per heavy atom. The van der Waals surface area contributed by atoms with Crippen molar-refractivity contribution in [3.05, 3.63) is 53.3 Å². The highest BCUT2D eigenvalue weighted by Gasteiger charge is 2.19. The summed E-state index contributed by atoms with van der Waals surface area (Å²) in [7, 11) is 0. The van der Waals surface area contributed by atoms with Gasteiger partial charge in [0, 0.05) is 13.1 Å². The van der Waals surface area contributed by atoms with Crippen LogP contribution in [0.1, 0.15) is 30.4 Å². The molecule has 0 aliphatic carbocycles. The van der Waals surface area contributed by atoms with Crippen LogP contribution in [0.25, 0.3) is 0 Å². The maximum absolute atomic E-state index is 14.3. The number of aryl methyl sites for hydroxylation is 2. The number of ether oxygens (including phenoxy) is 1. The van der Waals surface area contributed by atoms with E-state index in [1.54, 1.807) is 6.07 Å². The smallest absolute Gasteiger partial charge is 0.227 e. The number of nitrogens with one attached hydrogen (secondary N) is 1. The zero-order valence-corrected chi connectivity index (χ0v) is 15.3. The molecule has 1 N–H and O–H groups in total. The summed E-state index contributed by atoms with van der Waals surface area (Å²) in [4.78, 5) is 14.4. The molecular weight excluding hydrogens is 331 g/mol. The predicted molar refractivity (Wildman–Crippen MR) is 103 cm³/mol. The van der Waals surface area contributed by atoms with Crippen molar-refractivity contribution in [3.63, 3.8) is 0 Å². The van der Waals surface area contributed by atoms with Crippen molar-refractivity contribution in [2.24, 2.45) is 0 Å². The second-order valence-corrected chi connectivity index (χ2v) is 6.72. The minimum absolute atomic E-state index is 0.167. The number of hydrogen-bond donors (Lipinski definition) is 1. The molecule has 1 aliphatic heterocycles. The first-order chi connectivity index (χ1) is 12.5. The Morgan fingerprint density at radius 2 is 1.92 bits per heavy atom. The van der Waals surface area contributed by atoms with Crippen LogP contribution in [0.3, 0.4) is 0 Å². The third kappa shape index (κ3) is 4.34. The van der Waals surface area contributed by atoms with Crippen molar-refractivity contribution in [1.82, 2.24) is 0 Å².